The Labute approximate surface area is 286 Å². The number of rotatable bonds is 11. The lowest BCUT2D eigenvalue weighted by Crippen LogP contribution is -2.46. The lowest BCUT2D eigenvalue weighted by atomic mass is 9.86. The zero-order valence-corrected chi connectivity index (χ0v) is 31.1. The van der Waals surface area contributed by atoms with Crippen molar-refractivity contribution in [3.05, 3.63) is 53.2 Å². The Kier molecular flexibility index (Phi) is 10.9. The second-order valence-corrected chi connectivity index (χ2v) is 23.7. The fourth-order valence-electron chi connectivity index (χ4n) is 5.18. The van der Waals surface area contributed by atoms with Crippen LogP contribution in [-0.2, 0) is 24.8 Å². The van der Waals surface area contributed by atoms with Gasteiger partial charge in [-0.05, 0) is 63.9 Å². The number of ether oxygens (including phenoxy) is 3. The van der Waals surface area contributed by atoms with E-state index in [1.807, 2.05) is 0 Å². The molecule has 0 spiro atoms. The van der Waals surface area contributed by atoms with Gasteiger partial charge in [0.2, 0.25) is 5.88 Å². The van der Waals surface area contributed by atoms with Crippen molar-refractivity contribution in [2.75, 3.05) is 26.2 Å². The molecule has 1 aliphatic carbocycles. The highest BCUT2D eigenvalue weighted by molar-refractivity contribution is 8.24. The van der Waals surface area contributed by atoms with Crippen molar-refractivity contribution < 1.29 is 36.2 Å². The molecule has 48 heavy (non-hydrogen) atoms. The molecule has 0 radical (unpaired) electrons. The Balaban J connectivity index is 1.76. The van der Waals surface area contributed by atoms with Gasteiger partial charge in [0.1, 0.15) is 27.9 Å². The molecule has 0 N–H and O–H groups in total. The van der Waals surface area contributed by atoms with Gasteiger partial charge in [0.05, 0.1) is 17.9 Å². The molecule has 2 aromatic rings. The minimum absolute atomic E-state index is 0.0189. The van der Waals surface area contributed by atoms with Gasteiger partial charge in [-0.25, -0.2) is 36.9 Å². The number of amides is 1. The van der Waals surface area contributed by atoms with Gasteiger partial charge in [0, 0.05) is 32.4 Å². The number of sulfone groups is 1. The third kappa shape index (κ3) is 8.63. The number of carbonyl (C=O) groups excluding carboxylic acids is 1. The van der Waals surface area contributed by atoms with E-state index in [2.05, 4.69) is 35.5 Å². The first kappa shape index (κ1) is 37.5. The van der Waals surface area contributed by atoms with Crippen LogP contribution in [-0.4, -0.2) is 78.5 Å². The number of thioether (sulfide) groups is 1. The molecule has 3 atom stereocenters. The summed E-state index contributed by atoms with van der Waals surface area (Å²) in [5.41, 5.74) is -2.09. The molecule has 2 aliphatic rings. The number of amidine groups is 1. The van der Waals surface area contributed by atoms with Gasteiger partial charge in [-0.3, -0.25) is 4.99 Å². The molecule has 1 amide bonds. The zero-order valence-electron chi connectivity index (χ0n) is 28.5. The van der Waals surface area contributed by atoms with E-state index in [-0.39, 0.29) is 47.6 Å². The zero-order chi connectivity index (χ0) is 35.7. The summed E-state index contributed by atoms with van der Waals surface area (Å²) in [6.07, 6.45) is 9.26. The molecule has 15 heteroatoms. The molecule has 1 aliphatic heterocycles. The number of hydrogen-bond donors (Lipinski definition) is 0. The molecule has 4 rings (SSSR count). The van der Waals surface area contributed by atoms with Crippen molar-refractivity contribution in [1.29, 1.82) is 0 Å². The summed E-state index contributed by atoms with van der Waals surface area (Å²) in [4.78, 5) is 27.6. The molecule has 1 aromatic carbocycles. The van der Waals surface area contributed by atoms with Crippen molar-refractivity contribution in [3.63, 3.8) is 0 Å². The number of aromatic nitrogens is 2. The van der Waals surface area contributed by atoms with Crippen LogP contribution in [0.5, 0.6) is 5.88 Å². The highest BCUT2D eigenvalue weighted by Gasteiger charge is 2.72. The van der Waals surface area contributed by atoms with Crippen molar-refractivity contribution in [2.24, 2.45) is 10.9 Å². The average Bonchev–Trinajstić information content (AvgIpc) is 3.73. The highest BCUT2D eigenvalue weighted by atomic mass is 32.3. The van der Waals surface area contributed by atoms with Crippen LogP contribution < -0.4 is 4.74 Å². The van der Waals surface area contributed by atoms with E-state index < -0.39 is 56.8 Å². The molecule has 0 saturated heterocycles. The molecule has 0 unspecified atom stereocenters. The van der Waals surface area contributed by atoms with Gasteiger partial charge < -0.3 is 14.2 Å². The van der Waals surface area contributed by atoms with E-state index >= 15 is 8.78 Å². The molecular weight excluding hydrogens is 679 g/mol. The lowest BCUT2D eigenvalue weighted by molar-refractivity contribution is 0.0110. The van der Waals surface area contributed by atoms with Crippen LogP contribution in [0.15, 0.2) is 35.6 Å². The van der Waals surface area contributed by atoms with E-state index in [1.54, 1.807) is 27.7 Å². The standard InChI is InChI=1S/C33H42F2N4O6S2Si/c1-10-13-44-28-20-36-26(19-37-28)25(35)17-22-11-12-24(34)23(16-22)32(5)27-18-33(27,47(6,41)42)46-29(38-32)39(30(40)45-31(2,3)4)21-43-14-15-48(7,8)9/h1,11-12,16-17,19-20,27H,13-15,18,21H2,2-9H3/b25-17-/t27-,32+,33+/m0/s1. The quantitative estimate of drug-likeness (QED) is 0.108. The Hall–Kier alpha value is -3.32. The van der Waals surface area contributed by atoms with Gasteiger partial charge >= 0.3 is 6.09 Å². The first-order valence-electron chi connectivity index (χ1n) is 15.3. The summed E-state index contributed by atoms with van der Waals surface area (Å²) in [5.74, 6) is 0.383. The molecule has 10 nitrogen and oxygen atoms in total. The number of hydrogen-bond acceptors (Lipinski definition) is 10. The minimum Gasteiger partial charge on any atom is -0.463 e. The Bertz CT molecular complexity index is 1750. The van der Waals surface area contributed by atoms with E-state index in [1.165, 1.54) is 35.5 Å². The molecule has 1 aromatic heterocycles. The van der Waals surface area contributed by atoms with E-state index in [0.29, 0.717) is 6.61 Å². The topological polar surface area (TPSA) is 120 Å². The highest BCUT2D eigenvalue weighted by Crippen LogP contribution is 2.68. The fraction of sp³-hybridized carbons (Fsp3) is 0.515. The van der Waals surface area contributed by atoms with E-state index in [9.17, 15) is 13.2 Å². The third-order valence-corrected chi connectivity index (χ3v) is 13.7. The van der Waals surface area contributed by atoms with Crippen molar-refractivity contribution in [2.45, 2.75) is 75.0 Å². The fourth-order valence-corrected chi connectivity index (χ4v) is 9.38. The second-order valence-electron chi connectivity index (χ2n) is 14.2. The first-order valence-corrected chi connectivity index (χ1v) is 21.7. The van der Waals surface area contributed by atoms with Gasteiger partial charge in [-0.2, -0.15) is 0 Å². The molecule has 2 heterocycles. The summed E-state index contributed by atoms with van der Waals surface area (Å²) in [6, 6.07) is 4.82. The number of terminal acetylenes is 1. The smallest absolute Gasteiger partial charge is 0.418 e. The maximum atomic E-state index is 15.8. The third-order valence-electron chi connectivity index (χ3n) is 7.82. The number of benzene rings is 1. The number of halogens is 2. The summed E-state index contributed by atoms with van der Waals surface area (Å²) in [7, 11) is -5.21. The van der Waals surface area contributed by atoms with Crippen LogP contribution in [0.4, 0.5) is 13.6 Å². The van der Waals surface area contributed by atoms with Crippen LogP contribution in [0.25, 0.3) is 11.9 Å². The predicted molar refractivity (Wildman–Crippen MR) is 187 cm³/mol. The van der Waals surface area contributed by atoms with Gasteiger partial charge in [0.25, 0.3) is 0 Å². The molecule has 260 valence electrons. The maximum Gasteiger partial charge on any atom is 0.418 e. The largest absolute Gasteiger partial charge is 0.463 e. The second kappa shape index (κ2) is 13.9. The number of nitrogens with zero attached hydrogens (tertiary/aromatic N) is 4. The van der Waals surface area contributed by atoms with Crippen LogP contribution in [0, 0.1) is 24.1 Å². The van der Waals surface area contributed by atoms with Crippen molar-refractivity contribution in [1.82, 2.24) is 14.9 Å². The number of fused-ring (bicyclic) bond motifs is 1. The van der Waals surface area contributed by atoms with Gasteiger partial charge in [-0.15, -0.1) is 6.42 Å². The van der Waals surface area contributed by atoms with Crippen molar-refractivity contribution >= 4 is 52.8 Å². The summed E-state index contributed by atoms with van der Waals surface area (Å²) in [5, 5.41) is 0.0351. The molecular formula is C33H42F2N4O6S2Si. The van der Waals surface area contributed by atoms with Crippen LogP contribution in [0.3, 0.4) is 0 Å². The average molecular weight is 721 g/mol. The molecule has 1 fully saturated rings. The van der Waals surface area contributed by atoms with Gasteiger partial charge in [0.15, 0.2) is 27.4 Å². The SMILES string of the molecule is C#CCOc1cnc(/C(F)=C/c2ccc(F)c([C@@]3(C)N=C(N(COCC[Si](C)(C)C)C(=O)OC(C)(C)C)S[C@@]4(S(C)(=O)=O)C[C@H]43)c2)cn1. The summed E-state index contributed by atoms with van der Waals surface area (Å²) in [6.45, 7) is 13.5. The molecule has 0 bridgehead atoms. The Morgan fingerprint density at radius 1 is 1.25 bits per heavy atom. The normalized spacial score (nSPS) is 22.6. The predicted octanol–water partition coefficient (Wildman–Crippen LogP) is 6.72. The Morgan fingerprint density at radius 2 is 1.96 bits per heavy atom. The van der Waals surface area contributed by atoms with Gasteiger partial charge in [-0.1, -0.05) is 43.4 Å². The van der Waals surface area contributed by atoms with Crippen LogP contribution >= 0.6 is 11.8 Å². The number of carbonyl (C=O) groups is 1. The first-order chi connectivity index (χ1) is 22.2. The monoisotopic (exact) mass is 720 g/mol. The van der Waals surface area contributed by atoms with E-state index in [0.717, 1.165) is 30.1 Å². The Morgan fingerprint density at radius 3 is 2.54 bits per heavy atom. The maximum absolute atomic E-state index is 15.8. The number of aliphatic imine (C=N–C) groups is 1. The minimum atomic E-state index is -3.75. The summed E-state index contributed by atoms with van der Waals surface area (Å²) >= 11 is 0.947. The van der Waals surface area contributed by atoms with Crippen molar-refractivity contribution in [3.8, 4) is 18.2 Å². The van der Waals surface area contributed by atoms with Crippen LogP contribution in [0.2, 0.25) is 25.7 Å². The molecule has 1 saturated carbocycles. The summed E-state index contributed by atoms with van der Waals surface area (Å²) < 4.78 is 73.1. The lowest BCUT2D eigenvalue weighted by Gasteiger charge is -2.37. The van der Waals surface area contributed by atoms with E-state index in [4.69, 9.17) is 25.6 Å². The van der Waals surface area contributed by atoms with Crippen LogP contribution in [0.1, 0.15) is 50.9 Å².